The van der Waals surface area contributed by atoms with Gasteiger partial charge >= 0.3 is 0 Å². The molecule has 0 unspecified atom stereocenters. The average molecular weight is 232 g/mol. The number of benzene rings is 1. The van der Waals surface area contributed by atoms with Gasteiger partial charge in [0.1, 0.15) is 12.5 Å². The van der Waals surface area contributed by atoms with Crippen LogP contribution in [0.5, 0.6) is 5.75 Å². The number of amides is 1. The van der Waals surface area contributed by atoms with E-state index in [9.17, 15) is 9.90 Å². The molecule has 17 heavy (non-hydrogen) atoms. The Morgan fingerprint density at radius 1 is 1.53 bits per heavy atom. The fourth-order valence-electron chi connectivity index (χ4n) is 2.07. The van der Waals surface area contributed by atoms with E-state index in [2.05, 4.69) is 4.99 Å². The van der Waals surface area contributed by atoms with Gasteiger partial charge < -0.3 is 14.7 Å². The van der Waals surface area contributed by atoms with Crippen molar-refractivity contribution in [3.8, 4) is 5.75 Å². The summed E-state index contributed by atoms with van der Waals surface area (Å²) in [6.45, 7) is 2.54. The molecule has 0 aromatic heterocycles. The number of nitrogens with zero attached hydrogens (tertiary/aromatic N) is 2. The van der Waals surface area contributed by atoms with E-state index >= 15 is 0 Å². The molecule has 1 fully saturated rings. The lowest BCUT2D eigenvalue weighted by Gasteiger charge is -2.17. The van der Waals surface area contributed by atoms with Crippen molar-refractivity contribution in [1.29, 1.82) is 0 Å². The Hall–Kier alpha value is -1.88. The molecule has 1 aromatic carbocycles. The first-order chi connectivity index (χ1) is 8.16. The van der Waals surface area contributed by atoms with E-state index in [1.165, 1.54) is 6.07 Å². The van der Waals surface area contributed by atoms with E-state index in [4.69, 9.17) is 4.74 Å². The molecule has 88 valence electrons. The zero-order valence-corrected chi connectivity index (χ0v) is 9.38. The number of aryl methyl sites for hydroxylation is 1. The first-order valence-electron chi connectivity index (χ1n) is 5.43. The van der Waals surface area contributed by atoms with Crippen molar-refractivity contribution >= 4 is 17.8 Å². The molecule has 2 aliphatic rings. The molecule has 2 heterocycles. The Kier molecular flexibility index (Phi) is 2.16. The van der Waals surface area contributed by atoms with Crippen LogP contribution in [-0.2, 0) is 4.74 Å². The van der Waals surface area contributed by atoms with Crippen molar-refractivity contribution in [1.82, 2.24) is 4.90 Å². The maximum Gasteiger partial charge on any atom is 0.258 e. The molecule has 1 atom stereocenters. The first-order valence-corrected chi connectivity index (χ1v) is 5.43. The predicted molar refractivity (Wildman–Crippen MR) is 61.8 cm³/mol. The Bertz CT molecular complexity index is 525. The number of carbonyl (C=O) groups is 1. The average Bonchev–Trinajstić information content (AvgIpc) is 2.73. The van der Waals surface area contributed by atoms with Gasteiger partial charge in [-0.05, 0) is 18.6 Å². The molecular formula is C12H12N2O3. The summed E-state index contributed by atoms with van der Waals surface area (Å²) in [6, 6.07) is 3.10. The lowest BCUT2D eigenvalue weighted by molar-refractivity contribution is 0.0684. The maximum atomic E-state index is 12.3. The Labute approximate surface area is 98.3 Å². The Morgan fingerprint density at radius 3 is 3.18 bits per heavy atom. The molecule has 0 saturated carbocycles. The molecule has 5 heteroatoms. The number of aliphatic imine (C=N–C) groups is 1. The van der Waals surface area contributed by atoms with Crippen LogP contribution >= 0.6 is 0 Å². The van der Waals surface area contributed by atoms with Gasteiger partial charge in [-0.25, -0.2) is 0 Å². The fraction of sp³-hybridized carbons (Fsp3) is 0.333. The number of fused-ring (bicyclic) bond motifs is 2. The van der Waals surface area contributed by atoms with E-state index in [1.54, 1.807) is 24.1 Å². The molecule has 1 aromatic rings. The van der Waals surface area contributed by atoms with Crippen LogP contribution in [0.15, 0.2) is 17.1 Å². The summed E-state index contributed by atoms with van der Waals surface area (Å²) in [5.41, 5.74) is 1.71. The number of carbonyl (C=O) groups excluding carboxylic acids is 1. The Morgan fingerprint density at radius 2 is 2.35 bits per heavy atom. The molecule has 3 rings (SSSR count). The van der Waals surface area contributed by atoms with Crippen LogP contribution in [0, 0.1) is 6.92 Å². The third-order valence-electron chi connectivity index (χ3n) is 3.11. The second-order valence-corrected chi connectivity index (χ2v) is 4.28. The van der Waals surface area contributed by atoms with Crippen molar-refractivity contribution in [2.45, 2.75) is 13.0 Å². The molecule has 0 aliphatic carbocycles. The number of hydrogen-bond acceptors (Lipinski definition) is 4. The minimum Gasteiger partial charge on any atom is -0.508 e. The van der Waals surface area contributed by atoms with Gasteiger partial charge in [-0.2, -0.15) is 0 Å². The summed E-state index contributed by atoms with van der Waals surface area (Å²) < 4.78 is 5.25. The summed E-state index contributed by atoms with van der Waals surface area (Å²) in [7, 11) is 0. The van der Waals surface area contributed by atoms with Gasteiger partial charge in [-0.15, -0.1) is 0 Å². The van der Waals surface area contributed by atoms with Crippen LogP contribution in [0.1, 0.15) is 15.9 Å². The van der Waals surface area contributed by atoms with Gasteiger partial charge in [0.25, 0.3) is 5.91 Å². The van der Waals surface area contributed by atoms with Gasteiger partial charge in [-0.3, -0.25) is 9.79 Å². The number of hydrogen-bond donors (Lipinski definition) is 1. The summed E-state index contributed by atoms with van der Waals surface area (Å²) in [6.07, 6.45) is 1.70. The highest BCUT2D eigenvalue weighted by molar-refractivity contribution is 6.03. The molecule has 0 radical (unpaired) electrons. The summed E-state index contributed by atoms with van der Waals surface area (Å²) in [4.78, 5) is 18.2. The first kappa shape index (κ1) is 10.3. The lowest BCUT2D eigenvalue weighted by Crippen LogP contribution is -2.36. The van der Waals surface area contributed by atoms with Crippen LogP contribution in [0.4, 0.5) is 5.69 Å². The SMILES string of the molecule is Cc1cc2c(cc1O)N=C[C@@H]1COCN1C2=O. The molecule has 1 saturated heterocycles. The minimum atomic E-state index is -0.0997. The van der Waals surface area contributed by atoms with E-state index < -0.39 is 0 Å². The van der Waals surface area contributed by atoms with Crippen LogP contribution in [0.2, 0.25) is 0 Å². The van der Waals surface area contributed by atoms with Crippen molar-refractivity contribution < 1.29 is 14.6 Å². The number of aromatic hydroxyl groups is 1. The normalized spacial score (nSPS) is 22.3. The van der Waals surface area contributed by atoms with Gasteiger partial charge in [0.05, 0.1) is 23.9 Å². The second-order valence-electron chi connectivity index (χ2n) is 4.28. The smallest absolute Gasteiger partial charge is 0.258 e. The molecular weight excluding hydrogens is 220 g/mol. The fourth-order valence-corrected chi connectivity index (χ4v) is 2.07. The number of phenolic OH excluding ortho intramolecular Hbond substituents is 1. The Balaban J connectivity index is 2.15. The van der Waals surface area contributed by atoms with E-state index in [-0.39, 0.29) is 17.7 Å². The van der Waals surface area contributed by atoms with Crippen LogP contribution < -0.4 is 0 Å². The molecule has 2 aliphatic heterocycles. The lowest BCUT2D eigenvalue weighted by atomic mass is 10.1. The minimum absolute atomic E-state index is 0.0944. The summed E-state index contributed by atoms with van der Waals surface area (Å²) >= 11 is 0. The van der Waals surface area contributed by atoms with Crippen LogP contribution in [0.25, 0.3) is 0 Å². The van der Waals surface area contributed by atoms with E-state index in [1.807, 2.05) is 0 Å². The van der Waals surface area contributed by atoms with Gasteiger partial charge in [0.15, 0.2) is 0 Å². The molecule has 5 nitrogen and oxygen atoms in total. The molecule has 0 bridgehead atoms. The van der Waals surface area contributed by atoms with Crippen molar-refractivity contribution in [2.75, 3.05) is 13.3 Å². The quantitative estimate of drug-likeness (QED) is 0.731. The topological polar surface area (TPSA) is 62.1 Å². The number of rotatable bonds is 0. The maximum absolute atomic E-state index is 12.3. The van der Waals surface area contributed by atoms with Crippen molar-refractivity contribution in [3.63, 3.8) is 0 Å². The van der Waals surface area contributed by atoms with E-state index in [0.29, 0.717) is 30.2 Å². The van der Waals surface area contributed by atoms with Gasteiger partial charge in [0, 0.05) is 12.3 Å². The predicted octanol–water partition coefficient (Wildman–Crippen LogP) is 1.22. The van der Waals surface area contributed by atoms with Crippen LogP contribution in [0.3, 0.4) is 0 Å². The highest BCUT2D eigenvalue weighted by Crippen LogP contribution is 2.31. The van der Waals surface area contributed by atoms with Gasteiger partial charge in [-0.1, -0.05) is 0 Å². The molecule has 1 N–H and O–H groups in total. The molecule has 1 amide bonds. The summed E-state index contributed by atoms with van der Waals surface area (Å²) in [5.74, 6) is 0.0649. The van der Waals surface area contributed by atoms with E-state index in [0.717, 1.165) is 0 Å². The van der Waals surface area contributed by atoms with Crippen LogP contribution in [-0.4, -0.2) is 41.5 Å². The summed E-state index contributed by atoms with van der Waals surface area (Å²) in [5, 5.41) is 9.63. The third-order valence-corrected chi connectivity index (χ3v) is 3.11. The molecule has 0 spiro atoms. The van der Waals surface area contributed by atoms with Crippen molar-refractivity contribution in [3.05, 3.63) is 23.3 Å². The number of ether oxygens (including phenoxy) is 1. The second kappa shape index (κ2) is 3.56. The van der Waals surface area contributed by atoms with Crippen molar-refractivity contribution in [2.24, 2.45) is 4.99 Å². The number of phenols is 1. The highest BCUT2D eigenvalue weighted by atomic mass is 16.5. The van der Waals surface area contributed by atoms with Gasteiger partial charge in [0.2, 0.25) is 0 Å². The highest BCUT2D eigenvalue weighted by Gasteiger charge is 2.32. The zero-order valence-electron chi connectivity index (χ0n) is 9.38. The third kappa shape index (κ3) is 1.51. The largest absolute Gasteiger partial charge is 0.508 e. The standard InChI is InChI=1S/C12H12N2O3/c1-7-2-9-10(3-11(7)15)13-4-8-5-17-6-14(8)12(9)16/h2-4,8,15H,5-6H2,1H3/t8-/m1/s1. The monoisotopic (exact) mass is 232 g/mol. The zero-order chi connectivity index (χ0) is 12.0.